The van der Waals surface area contributed by atoms with Crippen LogP contribution in [0.1, 0.15) is 46.3 Å². The summed E-state index contributed by atoms with van der Waals surface area (Å²) in [5.74, 6) is 0.937. The maximum atomic E-state index is 11.5. The lowest BCUT2D eigenvalue weighted by molar-refractivity contribution is 0.0697. The Morgan fingerprint density at radius 1 is 1.16 bits per heavy atom. The molecule has 4 heterocycles. The average molecular weight is 506 g/mol. The highest BCUT2D eigenvalue weighted by molar-refractivity contribution is 5.92. The number of nitrogens with zero attached hydrogens (tertiary/aromatic N) is 7. The molecular formula is C26H31N7O4. The molecule has 1 N–H and O–H groups in total. The van der Waals surface area contributed by atoms with Gasteiger partial charge in [0.25, 0.3) is 0 Å². The molecule has 1 fully saturated rings. The number of piperidine rings is 1. The summed E-state index contributed by atoms with van der Waals surface area (Å²) < 4.78 is 13.2. The van der Waals surface area contributed by atoms with Crippen molar-refractivity contribution < 1.29 is 19.4 Å². The summed E-state index contributed by atoms with van der Waals surface area (Å²) in [5.41, 5.74) is 3.69. The van der Waals surface area contributed by atoms with Crippen molar-refractivity contribution in [2.45, 2.75) is 38.5 Å². The van der Waals surface area contributed by atoms with E-state index >= 15 is 0 Å². The fourth-order valence-corrected chi connectivity index (χ4v) is 4.79. The Hall–Kier alpha value is -3.83. The van der Waals surface area contributed by atoms with Crippen LogP contribution >= 0.6 is 0 Å². The zero-order valence-electron chi connectivity index (χ0n) is 21.1. The van der Waals surface area contributed by atoms with Crippen LogP contribution in [0, 0.1) is 0 Å². The van der Waals surface area contributed by atoms with Crippen molar-refractivity contribution >= 4 is 17.0 Å². The van der Waals surface area contributed by atoms with Gasteiger partial charge in [0, 0.05) is 38.4 Å². The summed E-state index contributed by atoms with van der Waals surface area (Å²) >= 11 is 0. The molecule has 0 atom stereocenters. The third-order valence-electron chi connectivity index (χ3n) is 6.72. The van der Waals surface area contributed by atoms with Gasteiger partial charge in [-0.2, -0.15) is 15.0 Å². The average Bonchev–Trinajstić information content (AvgIpc) is 3.48. The number of ether oxygens (including phenoxy) is 2. The number of aromatic carboxylic acids is 1. The Labute approximate surface area is 214 Å². The number of benzene rings is 1. The number of pyridine rings is 1. The second-order valence-electron chi connectivity index (χ2n) is 9.25. The monoisotopic (exact) mass is 505 g/mol. The number of carboxylic acids is 1. The molecule has 11 nitrogen and oxygen atoms in total. The summed E-state index contributed by atoms with van der Waals surface area (Å²) in [7, 11) is 3.44. The summed E-state index contributed by atoms with van der Waals surface area (Å²) in [5, 5.41) is 17.7. The highest BCUT2D eigenvalue weighted by atomic mass is 16.5. The summed E-state index contributed by atoms with van der Waals surface area (Å²) in [6.45, 7) is 4.02. The van der Waals surface area contributed by atoms with Gasteiger partial charge in [0.1, 0.15) is 18.1 Å². The number of aryl methyl sites for hydroxylation is 1. The molecule has 0 radical (unpaired) electrons. The quantitative estimate of drug-likeness (QED) is 0.347. The summed E-state index contributed by atoms with van der Waals surface area (Å²) in [4.78, 5) is 25.0. The molecule has 37 heavy (non-hydrogen) atoms. The number of hydrogen-bond donors (Lipinski definition) is 1. The van der Waals surface area contributed by atoms with E-state index in [-0.39, 0.29) is 5.56 Å². The second-order valence-corrected chi connectivity index (χ2v) is 9.25. The number of likely N-dealkylation sites (tertiary alicyclic amines) is 1. The number of fused-ring (bicyclic) bond motifs is 1. The predicted molar refractivity (Wildman–Crippen MR) is 135 cm³/mol. The van der Waals surface area contributed by atoms with Crippen molar-refractivity contribution in [3.8, 4) is 5.88 Å². The van der Waals surface area contributed by atoms with E-state index in [2.05, 4.69) is 25.7 Å². The number of aromatic nitrogens is 6. The maximum absolute atomic E-state index is 11.5. The number of methoxy groups -OCH3 is 1. The Balaban J connectivity index is 1.23. The largest absolute Gasteiger partial charge is 0.478 e. The van der Waals surface area contributed by atoms with Crippen molar-refractivity contribution in [2.75, 3.05) is 26.8 Å². The van der Waals surface area contributed by atoms with Gasteiger partial charge in [0.05, 0.1) is 35.9 Å². The zero-order chi connectivity index (χ0) is 25.8. The Morgan fingerprint density at radius 3 is 2.73 bits per heavy atom. The van der Waals surface area contributed by atoms with E-state index in [1.807, 2.05) is 12.1 Å². The van der Waals surface area contributed by atoms with Crippen LogP contribution in [-0.2, 0) is 31.5 Å². The van der Waals surface area contributed by atoms with E-state index in [0.29, 0.717) is 38.1 Å². The summed E-state index contributed by atoms with van der Waals surface area (Å²) in [6.07, 6.45) is 3.67. The van der Waals surface area contributed by atoms with Crippen LogP contribution in [0.15, 0.2) is 42.6 Å². The van der Waals surface area contributed by atoms with Crippen molar-refractivity contribution in [3.63, 3.8) is 0 Å². The Bertz CT molecular complexity index is 1370. The first-order valence-electron chi connectivity index (χ1n) is 12.4. The molecule has 0 bridgehead atoms. The molecule has 4 aromatic rings. The number of imidazole rings is 1. The first-order valence-corrected chi connectivity index (χ1v) is 12.4. The van der Waals surface area contributed by atoms with Crippen LogP contribution < -0.4 is 4.74 Å². The number of carbonyl (C=O) groups is 1. The van der Waals surface area contributed by atoms with Gasteiger partial charge in [-0.05, 0) is 50.2 Å². The van der Waals surface area contributed by atoms with Crippen molar-refractivity contribution in [3.05, 3.63) is 65.4 Å². The van der Waals surface area contributed by atoms with Gasteiger partial charge in [-0.3, -0.25) is 4.90 Å². The second kappa shape index (κ2) is 11.1. The molecule has 3 aromatic heterocycles. The van der Waals surface area contributed by atoms with Gasteiger partial charge in [-0.25, -0.2) is 14.8 Å². The van der Waals surface area contributed by atoms with Crippen LogP contribution in [0.5, 0.6) is 5.88 Å². The van der Waals surface area contributed by atoms with Gasteiger partial charge in [-0.15, -0.1) is 0 Å². The third-order valence-corrected chi connectivity index (χ3v) is 6.72. The molecule has 0 amide bonds. The first-order chi connectivity index (χ1) is 18.0. The van der Waals surface area contributed by atoms with Crippen LogP contribution in [-0.4, -0.2) is 72.3 Å². The number of rotatable bonds is 10. The molecule has 1 aliphatic rings. The zero-order valence-corrected chi connectivity index (χ0v) is 21.1. The van der Waals surface area contributed by atoms with Crippen LogP contribution in [0.2, 0.25) is 0 Å². The Morgan fingerprint density at radius 2 is 2.00 bits per heavy atom. The van der Waals surface area contributed by atoms with Gasteiger partial charge < -0.3 is 19.1 Å². The summed E-state index contributed by atoms with van der Waals surface area (Å²) in [6, 6.07) is 11.0. The molecule has 0 spiro atoms. The van der Waals surface area contributed by atoms with Crippen molar-refractivity contribution in [2.24, 2.45) is 7.05 Å². The lowest BCUT2D eigenvalue weighted by Gasteiger charge is -2.31. The molecule has 5 rings (SSSR count). The highest BCUT2D eigenvalue weighted by Gasteiger charge is 2.24. The van der Waals surface area contributed by atoms with Gasteiger partial charge in [0.15, 0.2) is 0 Å². The molecule has 0 aliphatic carbocycles. The Kier molecular flexibility index (Phi) is 7.42. The lowest BCUT2D eigenvalue weighted by Crippen LogP contribution is -2.33. The van der Waals surface area contributed by atoms with Crippen LogP contribution in [0.25, 0.3) is 11.0 Å². The van der Waals surface area contributed by atoms with Crippen molar-refractivity contribution in [1.82, 2.24) is 34.4 Å². The fraction of sp³-hybridized carbons (Fsp3) is 0.423. The smallest absolute Gasteiger partial charge is 0.335 e. The third kappa shape index (κ3) is 5.78. The van der Waals surface area contributed by atoms with Crippen molar-refractivity contribution in [1.29, 1.82) is 0 Å². The van der Waals surface area contributed by atoms with E-state index < -0.39 is 5.97 Å². The van der Waals surface area contributed by atoms with E-state index in [0.717, 1.165) is 54.2 Å². The highest BCUT2D eigenvalue weighted by Crippen LogP contribution is 2.29. The van der Waals surface area contributed by atoms with Gasteiger partial charge in [0.2, 0.25) is 5.88 Å². The molecular weight excluding hydrogens is 474 g/mol. The minimum Gasteiger partial charge on any atom is -0.478 e. The standard InChI is InChI=1S/C26H31N7O4/c1-31-27-15-20(30-31)17-37-25-5-3-4-21(29-25)18-8-10-32(11-9-18)16-24-28-22-7-6-19(26(34)35)14-23(22)33(24)12-13-36-2/h3-7,14-15,18H,8-13,16-17H2,1-2H3,(H,34,35). The van der Waals surface area contributed by atoms with E-state index in [9.17, 15) is 9.90 Å². The fourth-order valence-electron chi connectivity index (χ4n) is 4.79. The van der Waals surface area contributed by atoms with Gasteiger partial charge >= 0.3 is 5.97 Å². The van der Waals surface area contributed by atoms with E-state index in [1.54, 1.807) is 38.6 Å². The van der Waals surface area contributed by atoms with Gasteiger partial charge in [-0.1, -0.05) is 6.07 Å². The van der Waals surface area contributed by atoms with Crippen LogP contribution in [0.4, 0.5) is 0 Å². The number of hydrogen-bond acceptors (Lipinski definition) is 8. The normalized spacial score (nSPS) is 14.9. The van der Waals surface area contributed by atoms with Crippen LogP contribution in [0.3, 0.4) is 0 Å². The van der Waals surface area contributed by atoms with E-state index in [4.69, 9.17) is 19.4 Å². The molecule has 0 saturated carbocycles. The minimum atomic E-state index is -0.943. The molecule has 1 aliphatic heterocycles. The van der Waals surface area contributed by atoms with E-state index in [1.165, 1.54) is 4.80 Å². The molecule has 0 unspecified atom stereocenters. The molecule has 1 aromatic carbocycles. The maximum Gasteiger partial charge on any atom is 0.335 e. The predicted octanol–water partition coefficient (Wildman–Crippen LogP) is 2.86. The molecule has 11 heteroatoms. The topological polar surface area (TPSA) is 120 Å². The minimum absolute atomic E-state index is 0.258. The lowest BCUT2D eigenvalue weighted by atomic mass is 9.93. The first kappa shape index (κ1) is 24.8. The number of carboxylic acid groups (broad SMARTS) is 1. The molecule has 194 valence electrons. The SMILES string of the molecule is COCCn1c(CN2CCC(c3cccc(OCc4cnn(C)n4)n3)CC2)nc2ccc(C(=O)O)cc21. The molecule has 1 saturated heterocycles.